The van der Waals surface area contributed by atoms with Gasteiger partial charge < -0.3 is 16.8 Å². The number of pyridine rings is 1. The van der Waals surface area contributed by atoms with Crippen molar-refractivity contribution in [3.8, 4) is 11.1 Å². The molecule has 0 saturated heterocycles. The Morgan fingerprint density at radius 1 is 0.967 bits per heavy atom. The van der Waals surface area contributed by atoms with Crippen LogP contribution in [0.15, 0.2) is 48.9 Å². The number of rotatable bonds is 4. The van der Waals surface area contributed by atoms with Crippen LogP contribution in [0.3, 0.4) is 0 Å². The van der Waals surface area contributed by atoms with Crippen molar-refractivity contribution in [1.29, 1.82) is 0 Å². The molecular formula is C21H17F3N6. The van der Waals surface area contributed by atoms with E-state index in [1.54, 1.807) is 13.0 Å². The van der Waals surface area contributed by atoms with E-state index in [9.17, 15) is 13.2 Å². The zero-order valence-electron chi connectivity index (χ0n) is 15.8. The zero-order valence-corrected chi connectivity index (χ0v) is 15.8. The summed E-state index contributed by atoms with van der Waals surface area (Å²) in [6, 6.07) is 7.13. The van der Waals surface area contributed by atoms with E-state index in [1.165, 1.54) is 36.8 Å². The molecule has 2 heterocycles. The molecule has 0 aliphatic carbocycles. The Labute approximate surface area is 169 Å². The summed E-state index contributed by atoms with van der Waals surface area (Å²) in [6.45, 7) is 1.79. The second-order valence-electron chi connectivity index (χ2n) is 6.77. The average molecular weight is 410 g/mol. The topological polar surface area (TPSA) is 103 Å². The Morgan fingerprint density at radius 3 is 2.43 bits per heavy atom. The monoisotopic (exact) mass is 410 g/mol. The molecular weight excluding hydrogens is 393 g/mol. The SMILES string of the molecule is C[C@H](Nc1ncnc(N)c1N)c1cnc2c(F)cccc2c1-c1cc(F)cc(F)c1. The largest absolute Gasteiger partial charge is 0.393 e. The van der Waals surface area contributed by atoms with Crippen LogP contribution in [0.2, 0.25) is 0 Å². The minimum atomic E-state index is -0.745. The minimum Gasteiger partial charge on any atom is -0.393 e. The number of aromatic nitrogens is 3. The van der Waals surface area contributed by atoms with Gasteiger partial charge in [0, 0.05) is 23.2 Å². The van der Waals surface area contributed by atoms with Gasteiger partial charge in [0.2, 0.25) is 0 Å². The van der Waals surface area contributed by atoms with E-state index in [0.717, 1.165) is 6.07 Å². The van der Waals surface area contributed by atoms with Crippen LogP contribution in [0.1, 0.15) is 18.5 Å². The standard InChI is InChI=1S/C21H17F3N6/c1-10(30-21-18(25)20(26)28-9-29-21)15-8-27-19-14(3-2-4-16(19)24)17(15)11-5-12(22)7-13(23)6-11/h2-10H,25H2,1H3,(H3,26,28,29,30)/t10-/m0/s1. The zero-order chi connectivity index (χ0) is 21.4. The van der Waals surface area contributed by atoms with Crippen LogP contribution in [0.5, 0.6) is 0 Å². The van der Waals surface area contributed by atoms with Crippen molar-refractivity contribution in [3.05, 3.63) is 71.9 Å². The highest BCUT2D eigenvalue weighted by Gasteiger charge is 2.20. The van der Waals surface area contributed by atoms with Crippen molar-refractivity contribution in [2.75, 3.05) is 16.8 Å². The number of hydrogen-bond acceptors (Lipinski definition) is 6. The summed E-state index contributed by atoms with van der Waals surface area (Å²) in [5, 5.41) is 3.53. The van der Waals surface area contributed by atoms with Crippen molar-refractivity contribution in [3.63, 3.8) is 0 Å². The van der Waals surface area contributed by atoms with E-state index in [4.69, 9.17) is 11.5 Å². The first kappa shape index (κ1) is 19.4. The third-order valence-electron chi connectivity index (χ3n) is 4.76. The molecule has 4 aromatic rings. The lowest BCUT2D eigenvalue weighted by Crippen LogP contribution is -2.13. The normalized spacial score (nSPS) is 12.1. The van der Waals surface area contributed by atoms with Crippen LogP contribution in [-0.2, 0) is 0 Å². The fraction of sp³-hybridized carbons (Fsp3) is 0.0952. The van der Waals surface area contributed by atoms with Gasteiger partial charge in [-0.3, -0.25) is 4.98 Å². The van der Waals surface area contributed by atoms with Crippen molar-refractivity contribution < 1.29 is 13.2 Å². The first-order valence-electron chi connectivity index (χ1n) is 9.01. The van der Waals surface area contributed by atoms with Crippen LogP contribution >= 0.6 is 0 Å². The maximum absolute atomic E-state index is 14.3. The number of anilines is 3. The van der Waals surface area contributed by atoms with Crippen molar-refractivity contribution in [2.24, 2.45) is 0 Å². The van der Waals surface area contributed by atoms with E-state index in [1.807, 2.05) is 0 Å². The smallest absolute Gasteiger partial charge is 0.155 e. The van der Waals surface area contributed by atoms with Gasteiger partial charge in [0.05, 0.1) is 6.04 Å². The number of nitrogens with two attached hydrogens (primary N) is 2. The molecule has 0 radical (unpaired) electrons. The Morgan fingerprint density at radius 2 is 1.70 bits per heavy atom. The second-order valence-corrected chi connectivity index (χ2v) is 6.77. The van der Waals surface area contributed by atoms with Gasteiger partial charge in [0.25, 0.3) is 0 Å². The van der Waals surface area contributed by atoms with E-state index in [-0.39, 0.29) is 22.6 Å². The maximum atomic E-state index is 14.3. The lowest BCUT2D eigenvalue weighted by atomic mass is 9.93. The lowest BCUT2D eigenvalue weighted by molar-refractivity contribution is 0.584. The van der Waals surface area contributed by atoms with Crippen molar-refractivity contribution >= 4 is 28.2 Å². The molecule has 9 heteroatoms. The van der Waals surface area contributed by atoms with Gasteiger partial charge in [-0.05, 0) is 36.2 Å². The fourth-order valence-corrected chi connectivity index (χ4v) is 3.36. The predicted octanol–water partition coefficient (Wildman–Crippen LogP) is 4.45. The number of nitrogens with zero attached hydrogens (tertiary/aromatic N) is 3. The van der Waals surface area contributed by atoms with Gasteiger partial charge in [-0.1, -0.05) is 12.1 Å². The second kappa shape index (κ2) is 7.51. The molecule has 2 aromatic heterocycles. The predicted molar refractivity (Wildman–Crippen MR) is 110 cm³/mol. The molecule has 0 bridgehead atoms. The maximum Gasteiger partial charge on any atom is 0.155 e. The van der Waals surface area contributed by atoms with Crippen LogP contribution in [-0.4, -0.2) is 15.0 Å². The lowest BCUT2D eigenvalue weighted by Gasteiger charge is -2.21. The molecule has 0 amide bonds. The van der Waals surface area contributed by atoms with Gasteiger partial charge >= 0.3 is 0 Å². The van der Waals surface area contributed by atoms with Crippen molar-refractivity contribution in [1.82, 2.24) is 15.0 Å². The number of para-hydroxylation sites is 1. The summed E-state index contributed by atoms with van der Waals surface area (Å²) < 4.78 is 42.3. The fourth-order valence-electron chi connectivity index (χ4n) is 3.36. The van der Waals surface area contributed by atoms with E-state index < -0.39 is 23.5 Å². The Balaban J connectivity index is 1.92. The molecule has 6 nitrogen and oxygen atoms in total. The number of fused-ring (bicyclic) bond motifs is 1. The quantitative estimate of drug-likeness (QED) is 0.459. The summed E-state index contributed by atoms with van der Waals surface area (Å²) in [6.07, 6.45) is 2.72. The van der Waals surface area contributed by atoms with Crippen LogP contribution in [0, 0.1) is 17.5 Å². The first-order chi connectivity index (χ1) is 14.3. The van der Waals surface area contributed by atoms with Gasteiger partial charge in [-0.2, -0.15) is 0 Å². The molecule has 4 rings (SSSR count). The number of halogens is 3. The Hall–Kier alpha value is -3.88. The molecule has 1 atom stereocenters. The summed E-state index contributed by atoms with van der Waals surface area (Å²) in [7, 11) is 0. The molecule has 0 aliphatic rings. The third kappa shape index (κ3) is 3.45. The summed E-state index contributed by atoms with van der Waals surface area (Å²) >= 11 is 0. The van der Waals surface area contributed by atoms with Crippen molar-refractivity contribution in [2.45, 2.75) is 13.0 Å². The molecule has 0 spiro atoms. The first-order valence-corrected chi connectivity index (χ1v) is 9.01. The Bertz CT molecular complexity index is 1240. The number of benzene rings is 2. The van der Waals surface area contributed by atoms with E-state index in [2.05, 4.69) is 20.3 Å². The van der Waals surface area contributed by atoms with E-state index in [0.29, 0.717) is 22.3 Å². The van der Waals surface area contributed by atoms with Crippen LogP contribution in [0.4, 0.5) is 30.5 Å². The molecule has 0 fully saturated rings. The third-order valence-corrected chi connectivity index (χ3v) is 4.76. The molecule has 30 heavy (non-hydrogen) atoms. The highest BCUT2D eigenvalue weighted by molar-refractivity contribution is 5.96. The minimum absolute atomic E-state index is 0.0962. The molecule has 0 unspecified atom stereocenters. The van der Waals surface area contributed by atoms with Gasteiger partial charge in [-0.15, -0.1) is 0 Å². The summed E-state index contributed by atoms with van der Waals surface area (Å²) in [5.74, 6) is -1.61. The molecule has 2 aromatic carbocycles. The average Bonchev–Trinajstić information content (AvgIpc) is 2.70. The highest BCUT2D eigenvalue weighted by atomic mass is 19.1. The van der Waals surface area contributed by atoms with Crippen LogP contribution in [0.25, 0.3) is 22.0 Å². The number of nitrogen functional groups attached to an aromatic ring is 2. The van der Waals surface area contributed by atoms with Gasteiger partial charge in [-0.25, -0.2) is 23.1 Å². The Kier molecular flexibility index (Phi) is 4.86. The molecule has 0 saturated carbocycles. The number of hydrogen-bond donors (Lipinski definition) is 3. The van der Waals surface area contributed by atoms with Crippen LogP contribution < -0.4 is 16.8 Å². The highest BCUT2D eigenvalue weighted by Crippen LogP contribution is 2.37. The van der Waals surface area contributed by atoms with E-state index >= 15 is 0 Å². The molecule has 0 aliphatic heterocycles. The van der Waals surface area contributed by atoms with Gasteiger partial charge in [0.15, 0.2) is 11.6 Å². The molecule has 5 N–H and O–H groups in total. The molecule has 152 valence electrons. The van der Waals surface area contributed by atoms with Gasteiger partial charge in [0.1, 0.15) is 35.0 Å². The number of nitrogens with one attached hydrogen (secondary N) is 1. The summed E-state index contributed by atoms with van der Waals surface area (Å²) in [4.78, 5) is 12.1. The summed E-state index contributed by atoms with van der Waals surface area (Å²) in [5.41, 5.74) is 13.2.